The lowest BCUT2D eigenvalue weighted by molar-refractivity contribution is 0.00888. The van der Waals surface area contributed by atoms with E-state index in [0.717, 1.165) is 24.4 Å². The van der Waals surface area contributed by atoms with Crippen LogP contribution in [0.25, 0.3) is 11.0 Å². The molecule has 21 heavy (non-hydrogen) atoms. The van der Waals surface area contributed by atoms with E-state index in [4.69, 9.17) is 9.15 Å². The van der Waals surface area contributed by atoms with Crippen molar-refractivity contribution in [1.29, 1.82) is 0 Å². The summed E-state index contributed by atoms with van der Waals surface area (Å²) in [6.07, 6.45) is 6.77. The van der Waals surface area contributed by atoms with Crippen molar-refractivity contribution in [3.63, 3.8) is 0 Å². The number of benzene rings is 1. The Balaban J connectivity index is 1.75. The fourth-order valence-electron chi connectivity index (χ4n) is 3.14. The van der Waals surface area contributed by atoms with Crippen molar-refractivity contribution < 1.29 is 9.15 Å². The van der Waals surface area contributed by atoms with E-state index < -0.39 is 0 Å². The van der Waals surface area contributed by atoms with E-state index in [1.54, 1.807) is 0 Å². The molecule has 0 atom stereocenters. The number of hydrogen-bond donors (Lipinski definition) is 1. The van der Waals surface area contributed by atoms with Crippen LogP contribution in [-0.4, -0.2) is 12.6 Å². The van der Waals surface area contributed by atoms with Crippen molar-refractivity contribution in [2.24, 2.45) is 0 Å². The third-order valence-corrected chi connectivity index (χ3v) is 4.34. The Morgan fingerprint density at radius 1 is 1.19 bits per heavy atom. The molecule has 1 N–H and O–H groups in total. The van der Waals surface area contributed by atoms with Gasteiger partial charge in [-0.1, -0.05) is 44.4 Å². The molecule has 3 rings (SSSR count). The van der Waals surface area contributed by atoms with Crippen LogP contribution in [-0.2, 0) is 17.9 Å². The lowest BCUT2D eigenvalue weighted by Gasteiger charge is -2.21. The summed E-state index contributed by atoms with van der Waals surface area (Å²) < 4.78 is 12.1. The van der Waals surface area contributed by atoms with E-state index in [1.807, 2.05) is 12.1 Å². The third kappa shape index (κ3) is 3.47. The van der Waals surface area contributed by atoms with Crippen molar-refractivity contribution in [3.8, 4) is 0 Å². The Morgan fingerprint density at radius 3 is 2.81 bits per heavy atom. The molecule has 1 fully saturated rings. The second kappa shape index (κ2) is 7.10. The summed E-state index contributed by atoms with van der Waals surface area (Å²) in [4.78, 5) is 0. The molecule has 114 valence electrons. The Morgan fingerprint density at radius 2 is 2.00 bits per heavy atom. The van der Waals surface area contributed by atoms with Gasteiger partial charge < -0.3 is 14.5 Å². The standard InChI is InChI=1S/C18H25NO2/c1-2-19-12-16-15-10-6-7-11-17(15)21-18(16)13-20-14-8-4-3-5-9-14/h6-7,10-11,14,19H,2-5,8-9,12-13H2,1H3. The summed E-state index contributed by atoms with van der Waals surface area (Å²) in [7, 11) is 0. The first-order chi connectivity index (χ1) is 10.4. The number of fused-ring (bicyclic) bond motifs is 1. The van der Waals surface area contributed by atoms with Gasteiger partial charge in [0.2, 0.25) is 0 Å². The van der Waals surface area contributed by atoms with E-state index in [0.29, 0.717) is 12.7 Å². The molecule has 3 nitrogen and oxygen atoms in total. The third-order valence-electron chi connectivity index (χ3n) is 4.34. The minimum atomic E-state index is 0.416. The van der Waals surface area contributed by atoms with Crippen LogP contribution in [0, 0.1) is 0 Å². The van der Waals surface area contributed by atoms with Crippen LogP contribution in [0.4, 0.5) is 0 Å². The summed E-state index contributed by atoms with van der Waals surface area (Å²) in [5.74, 6) is 0.989. The van der Waals surface area contributed by atoms with Gasteiger partial charge in [-0.3, -0.25) is 0 Å². The van der Waals surface area contributed by atoms with Crippen LogP contribution < -0.4 is 5.32 Å². The van der Waals surface area contributed by atoms with Gasteiger partial charge in [0.1, 0.15) is 18.0 Å². The molecule has 0 spiro atoms. The second-order valence-corrected chi connectivity index (χ2v) is 5.85. The molecule has 1 aromatic carbocycles. The number of rotatable bonds is 6. The molecule has 0 radical (unpaired) electrons. The van der Waals surface area contributed by atoms with Crippen LogP contribution in [0.15, 0.2) is 28.7 Å². The highest BCUT2D eigenvalue weighted by atomic mass is 16.5. The first-order valence-corrected chi connectivity index (χ1v) is 8.20. The summed E-state index contributed by atoms with van der Waals surface area (Å²) in [5, 5.41) is 4.61. The van der Waals surface area contributed by atoms with Gasteiger partial charge in [0.05, 0.1) is 6.10 Å². The highest BCUT2D eigenvalue weighted by molar-refractivity contribution is 5.82. The molecule has 1 aliphatic carbocycles. The Kier molecular flexibility index (Phi) is 4.94. The number of hydrogen-bond acceptors (Lipinski definition) is 3. The average molecular weight is 287 g/mol. The highest BCUT2D eigenvalue weighted by Gasteiger charge is 2.17. The quantitative estimate of drug-likeness (QED) is 0.855. The van der Waals surface area contributed by atoms with Gasteiger partial charge in [0, 0.05) is 17.5 Å². The fourth-order valence-corrected chi connectivity index (χ4v) is 3.14. The van der Waals surface area contributed by atoms with Crippen molar-refractivity contribution in [2.45, 2.75) is 58.3 Å². The smallest absolute Gasteiger partial charge is 0.135 e. The molecule has 0 amide bonds. The number of furan rings is 1. The first kappa shape index (κ1) is 14.6. The van der Waals surface area contributed by atoms with Gasteiger partial charge in [-0.25, -0.2) is 0 Å². The molecule has 0 unspecified atom stereocenters. The van der Waals surface area contributed by atoms with Gasteiger partial charge in [0.15, 0.2) is 0 Å². The highest BCUT2D eigenvalue weighted by Crippen LogP contribution is 2.28. The lowest BCUT2D eigenvalue weighted by Crippen LogP contribution is -2.17. The molecule has 1 heterocycles. The molecule has 0 aliphatic heterocycles. The topological polar surface area (TPSA) is 34.4 Å². The van der Waals surface area contributed by atoms with Gasteiger partial charge in [0.25, 0.3) is 0 Å². The van der Waals surface area contributed by atoms with Crippen LogP contribution >= 0.6 is 0 Å². The lowest BCUT2D eigenvalue weighted by atomic mass is 9.98. The van der Waals surface area contributed by atoms with Crippen molar-refractivity contribution >= 4 is 11.0 Å². The molecule has 1 saturated carbocycles. The maximum absolute atomic E-state index is 6.10. The molecule has 2 aromatic rings. The molecular formula is C18H25NO2. The van der Waals surface area contributed by atoms with E-state index in [9.17, 15) is 0 Å². The first-order valence-electron chi connectivity index (χ1n) is 8.20. The van der Waals surface area contributed by atoms with Crippen molar-refractivity contribution in [2.75, 3.05) is 6.54 Å². The van der Waals surface area contributed by atoms with E-state index >= 15 is 0 Å². The fraction of sp³-hybridized carbons (Fsp3) is 0.556. The Hall–Kier alpha value is -1.32. The summed E-state index contributed by atoms with van der Waals surface area (Å²) in [6.45, 7) is 4.53. The van der Waals surface area contributed by atoms with Crippen LogP contribution in [0.2, 0.25) is 0 Å². The molecule has 1 aromatic heterocycles. The van der Waals surface area contributed by atoms with E-state index in [1.165, 1.54) is 43.1 Å². The predicted molar refractivity (Wildman–Crippen MR) is 85.3 cm³/mol. The van der Waals surface area contributed by atoms with Crippen LogP contribution in [0.3, 0.4) is 0 Å². The summed E-state index contributed by atoms with van der Waals surface area (Å²) in [5.41, 5.74) is 2.22. The molecule has 3 heteroatoms. The molecular weight excluding hydrogens is 262 g/mol. The zero-order chi connectivity index (χ0) is 14.5. The maximum Gasteiger partial charge on any atom is 0.135 e. The number of ether oxygens (including phenoxy) is 1. The monoisotopic (exact) mass is 287 g/mol. The van der Waals surface area contributed by atoms with Crippen LogP contribution in [0.1, 0.15) is 50.4 Å². The zero-order valence-corrected chi connectivity index (χ0v) is 12.9. The molecule has 0 bridgehead atoms. The van der Waals surface area contributed by atoms with Gasteiger partial charge in [-0.05, 0) is 25.5 Å². The summed E-state index contributed by atoms with van der Waals surface area (Å²) >= 11 is 0. The molecule has 1 aliphatic rings. The summed E-state index contributed by atoms with van der Waals surface area (Å²) in [6, 6.07) is 8.26. The zero-order valence-electron chi connectivity index (χ0n) is 12.9. The van der Waals surface area contributed by atoms with Gasteiger partial charge in [-0.2, -0.15) is 0 Å². The second-order valence-electron chi connectivity index (χ2n) is 5.85. The number of nitrogens with one attached hydrogen (secondary N) is 1. The Labute approximate surface area is 126 Å². The average Bonchev–Trinajstić information content (AvgIpc) is 2.89. The van der Waals surface area contributed by atoms with E-state index in [-0.39, 0.29) is 0 Å². The van der Waals surface area contributed by atoms with Crippen molar-refractivity contribution in [1.82, 2.24) is 5.32 Å². The Bertz CT molecular complexity index is 570. The van der Waals surface area contributed by atoms with Gasteiger partial charge >= 0.3 is 0 Å². The minimum absolute atomic E-state index is 0.416. The predicted octanol–water partition coefficient (Wildman–Crippen LogP) is 4.39. The molecule has 0 saturated heterocycles. The normalized spacial score (nSPS) is 16.6. The van der Waals surface area contributed by atoms with Gasteiger partial charge in [-0.15, -0.1) is 0 Å². The minimum Gasteiger partial charge on any atom is -0.458 e. The number of para-hydroxylation sites is 1. The van der Waals surface area contributed by atoms with E-state index in [2.05, 4.69) is 24.4 Å². The van der Waals surface area contributed by atoms with Crippen LogP contribution in [0.5, 0.6) is 0 Å². The SMILES string of the molecule is CCNCc1c(COC2CCCCC2)oc2ccccc12. The maximum atomic E-state index is 6.10. The van der Waals surface area contributed by atoms with Crippen molar-refractivity contribution in [3.05, 3.63) is 35.6 Å². The largest absolute Gasteiger partial charge is 0.458 e.